The first kappa shape index (κ1) is 14.4. The zero-order valence-electron chi connectivity index (χ0n) is 12.4. The Morgan fingerprint density at radius 2 is 2.00 bits per heavy atom. The molecule has 0 aliphatic carbocycles. The second-order valence-corrected chi connectivity index (χ2v) is 4.66. The molecule has 4 heteroatoms. The van der Waals surface area contributed by atoms with E-state index in [2.05, 4.69) is 11.9 Å². The standard InChI is InChI=1S/C16H22N2O2/c1-4-6-11-20-14-8-7-13(12-15(14)19-5-2)16-17-9-10-18(16)3/h7-10,12H,4-6,11H2,1-3H3. The minimum Gasteiger partial charge on any atom is -0.490 e. The summed E-state index contributed by atoms with van der Waals surface area (Å²) in [4.78, 5) is 4.36. The summed E-state index contributed by atoms with van der Waals surface area (Å²) in [7, 11) is 1.98. The summed E-state index contributed by atoms with van der Waals surface area (Å²) in [5.74, 6) is 2.51. The molecule has 0 aliphatic rings. The molecule has 0 atom stereocenters. The van der Waals surface area contributed by atoms with Crippen LogP contribution in [-0.4, -0.2) is 22.8 Å². The maximum atomic E-state index is 5.78. The summed E-state index contributed by atoms with van der Waals surface area (Å²) < 4.78 is 13.5. The lowest BCUT2D eigenvalue weighted by molar-refractivity contribution is 0.273. The van der Waals surface area contributed by atoms with Crippen LogP contribution in [0.2, 0.25) is 0 Å². The van der Waals surface area contributed by atoms with Gasteiger partial charge in [-0.1, -0.05) is 13.3 Å². The molecule has 2 rings (SSSR count). The van der Waals surface area contributed by atoms with Crippen LogP contribution in [0, 0.1) is 0 Å². The zero-order chi connectivity index (χ0) is 14.4. The first-order valence-electron chi connectivity index (χ1n) is 7.13. The molecule has 0 saturated carbocycles. The lowest BCUT2D eigenvalue weighted by Gasteiger charge is -2.13. The summed E-state index contributed by atoms with van der Waals surface area (Å²) >= 11 is 0. The summed E-state index contributed by atoms with van der Waals surface area (Å²) in [6.07, 6.45) is 5.89. The quantitative estimate of drug-likeness (QED) is 0.723. The van der Waals surface area contributed by atoms with Crippen LogP contribution in [0.15, 0.2) is 30.6 Å². The van der Waals surface area contributed by atoms with E-state index in [-0.39, 0.29) is 0 Å². The maximum absolute atomic E-state index is 5.78. The molecule has 0 N–H and O–H groups in total. The molecule has 1 aromatic carbocycles. The van der Waals surface area contributed by atoms with Crippen LogP contribution in [-0.2, 0) is 7.05 Å². The second-order valence-electron chi connectivity index (χ2n) is 4.66. The smallest absolute Gasteiger partial charge is 0.161 e. The third-order valence-electron chi connectivity index (χ3n) is 3.08. The van der Waals surface area contributed by atoms with Gasteiger partial charge in [0, 0.05) is 25.0 Å². The molecule has 108 valence electrons. The minimum atomic E-state index is 0.619. The third-order valence-corrected chi connectivity index (χ3v) is 3.08. The SMILES string of the molecule is CCCCOc1ccc(-c2nccn2C)cc1OCC. The van der Waals surface area contributed by atoms with Crippen molar-refractivity contribution in [3.63, 3.8) is 0 Å². The van der Waals surface area contributed by atoms with Gasteiger partial charge < -0.3 is 14.0 Å². The van der Waals surface area contributed by atoms with Crippen molar-refractivity contribution in [3.05, 3.63) is 30.6 Å². The van der Waals surface area contributed by atoms with Gasteiger partial charge in [0.1, 0.15) is 5.82 Å². The van der Waals surface area contributed by atoms with Gasteiger partial charge in [0.15, 0.2) is 11.5 Å². The Balaban J connectivity index is 2.25. The second kappa shape index (κ2) is 6.98. The summed E-state index contributed by atoms with van der Waals surface area (Å²) in [5.41, 5.74) is 1.03. The van der Waals surface area contributed by atoms with E-state index < -0.39 is 0 Å². The van der Waals surface area contributed by atoms with Gasteiger partial charge in [-0.05, 0) is 31.5 Å². The van der Waals surface area contributed by atoms with Gasteiger partial charge in [-0.2, -0.15) is 0 Å². The predicted octanol–water partition coefficient (Wildman–Crippen LogP) is 3.66. The Kier molecular flexibility index (Phi) is 5.04. The number of benzene rings is 1. The van der Waals surface area contributed by atoms with E-state index in [1.165, 1.54) is 0 Å². The van der Waals surface area contributed by atoms with Gasteiger partial charge in [0.25, 0.3) is 0 Å². The zero-order valence-corrected chi connectivity index (χ0v) is 12.4. The molecule has 1 aromatic heterocycles. The van der Waals surface area contributed by atoms with Gasteiger partial charge in [0.2, 0.25) is 0 Å². The molecule has 1 heterocycles. The number of ether oxygens (including phenoxy) is 2. The average molecular weight is 274 g/mol. The average Bonchev–Trinajstić information content (AvgIpc) is 2.87. The number of unbranched alkanes of at least 4 members (excludes halogenated alkanes) is 1. The molecular formula is C16H22N2O2. The molecule has 0 unspecified atom stereocenters. The number of nitrogens with zero attached hydrogens (tertiary/aromatic N) is 2. The van der Waals surface area contributed by atoms with Gasteiger partial charge in [0.05, 0.1) is 13.2 Å². The fourth-order valence-corrected chi connectivity index (χ4v) is 2.00. The number of rotatable bonds is 7. The highest BCUT2D eigenvalue weighted by molar-refractivity contribution is 5.61. The highest BCUT2D eigenvalue weighted by Gasteiger charge is 2.10. The highest BCUT2D eigenvalue weighted by atomic mass is 16.5. The molecule has 4 nitrogen and oxygen atoms in total. The predicted molar refractivity (Wildman–Crippen MR) is 80.2 cm³/mol. The van der Waals surface area contributed by atoms with Crippen molar-refractivity contribution in [2.75, 3.05) is 13.2 Å². The molecule has 0 saturated heterocycles. The van der Waals surface area contributed by atoms with Crippen molar-refractivity contribution >= 4 is 0 Å². The van der Waals surface area contributed by atoms with Gasteiger partial charge >= 0.3 is 0 Å². The number of imidazole rings is 1. The summed E-state index contributed by atoms with van der Waals surface area (Å²) in [5, 5.41) is 0. The largest absolute Gasteiger partial charge is 0.490 e. The summed E-state index contributed by atoms with van der Waals surface area (Å²) in [6, 6.07) is 5.98. The van der Waals surface area contributed by atoms with E-state index in [1.54, 1.807) is 6.20 Å². The van der Waals surface area contributed by atoms with Crippen LogP contribution >= 0.6 is 0 Å². The van der Waals surface area contributed by atoms with E-state index in [9.17, 15) is 0 Å². The molecule has 0 radical (unpaired) electrons. The Morgan fingerprint density at radius 3 is 2.65 bits per heavy atom. The van der Waals surface area contributed by atoms with Crippen molar-refractivity contribution in [2.24, 2.45) is 7.05 Å². The van der Waals surface area contributed by atoms with Crippen LogP contribution in [0.3, 0.4) is 0 Å². The fraction of sp³-hybridized carbons (Fsp3) is 0.438. The topological polar surface area (TPSA) is 36.3 Å². The van der Waals surface area contributed by atoms with E-state index in [0.717, 1.165) is 42.3 Å². The molecule has 0 amide bonds. The van der Waals surface area contributed by atoms with Crippen molar-refractivity contribution in [1.29, 1.82) is 0 Å². The van der Waals surface area contributed by atoms with Crippen LogP contribution in [0.1, 0.15) is 26.7 Å². The molecule has 0 spiro atoms. The normalized spacial score (nSPS) is 10.6. The molecular weight excluding hydrogens is 252 g/mol. The van der Waals surface area contributed by atoms with E-state index in [1.807, 2.05) is 42.9 Å². The first-order chi connectivity index (χ1) is 9.76. The molecule has 0 fully saturated rings. The Bertz CT molecular complexity index is 549. The van der Waals surface area contributed by atoms with Crippen LogP contribution < -0.4 is 9.47 Å². The van der Waals surface area contributed by atoms with Gasteiger partial charge in [-0.15, -0.1) is 0 Å². The van der Waals surface area contributed by atoms with Crippen molar-refractivity contribution < 1.29 is 9.47 Å². The van der Waals surface area contributed by atoms with Crippen molar-refractivity contribution in [3.8, 4) is 22.9 Å². The fourth-order valence-electron chi connectivity index (χ4n) is 2.00. The molecule has 2 aromatic rings. The van der Waals surface area contributed by atoms with Crippen LogP contribution in [0.4, 0.5) is 0 Å². The van der Waals surface area contributed by atoms with Crippen LogP contribution in [0.25, 0.3) is 11.4 Å². The number of hydrogen-bond donors (Lipinski definition) is 0. The molecule has 0 aliphatic heterocycles. The van der Waals surface area contributed by atoms with E-state index >= 15 is 0 Å². The third kappa shape index (κ3) is 3.32. The van der Waals surface area contributed by atoms with Crippen LogP contribution in [0.5, 0.6) is 11.5 Å². The van der Waals surface area contributed by atoms with Crippen molar-refractivity contribution in [1.82, 2.24) is 9.55 Å². The first-order valence-corrected chi connectivity index (χ1v) is 7.13. The van der Waals surface area contributed by atoms with Gasteiger partial charge in [-0.3, -0.25) is 0 Å². The Hall–Kier alpha value is -1.97. The minimum absolute atomic E-state index is 0.619. The maximum Gasteiger partial charge on any atom is 0.161 e. The monoisotopic (exact) mass is 274 g/mol. The Morgan fingerprint density at radius 1 is 1.15 bits per heavy atom. The van der Waals surface area contributed by atoms with Crippen molar-refractivity contribution in [2.45, 2.75) is 26.7 Å². The summed E-state index contributed by atoms with van der Waals surface area (Å²) in [6.45, 7) is 5.47. The highest BCUT2D eigenvalue weighted by Crippen LogP contribution is 2.32. The lowest BCUT2D eigenvalue weighted by Crippen LogP contribution is -2.01. The van der Waals surface area contributed by atoms with Gasteiger partial charge in [-0.25, -0.2) is 4.98 Å². The number of aromatic nitrogens is 2. The molecule has 20 heavy (non-hydrogen) atoms. The lowest BCUT2D eigenvalue weighted by atomic mass is 10.2. The number of aryl methyl sites for hydroxylation is 1. The van der Waals surface area contributed by atoms with E-state index in [4.69, 9.17) is 9.47 Å². The Labute approximate surface area is 120 Å². The van der Waals surface area contributed by atoms with E-state index in [0.29, 0.717) is 6.61 Å². The number of hydrogen-bond acceptors (Lipinski definition) is 3. The molecule has 0 bridgehead atoms.